The highest BCUT2D eigenvalue weighted by molar-refractivity contribution is 5.74. The summed E-state index contributed by atoms with van der Waals surface area (Å²) in [5.41, 5.74) is 5.00. The van der Waals surface area contributed by atoms with Crippen LogP contribution >= 0.6 is 0 Å². The molecule has 4 heteroatoms. The summed E-state index contributed by atoms with van der Waals surface area (Å²) in [6.45, 7) is 0.889. The van der Waals surface area contributed by atoms with Gasteiger partial charge in [-0.1, -0.05) is 12.1 Å². The van der Waals surface area contributed by atoms with Crippen molar-refractivity contribution in [3.05, 3.63) is 29.0 Å². The number of benzene rings is 1. The lowest BCUT2D eigenvalue weighted by Crippen LogP contribution is -2.26. The van der Waals surface area contributed by atoms with Gasteiger partial charge < -0.3 is 10.4 Å². The van der Waals surface area contributed by atoms with Gasteiger partial charge in [-0.2, -0.15) is 5.10 Å². The van der Waals surface area contributed by atoms with Crippen LogP contribution in [0.2, 0.25) is 0 Å². The first-order chi connectivity index (χ1) is 6.95. The van der Waals surface area contributed by atoms with Crippen LogP contribution in [-0.4, -0.2) is 16.5 Å². The highest BCUT2D eigenvalue weighted by atomic mass is 15.3. The summed E-state index contributed by atoms with van der Waals surface area (Å²) in [5.74, 6) is 0. The normalized spacial score (nSPS) is 14.9. The lowest BCUT2D eigenvalue weighted by molar-refractivity contribution is 0.739. The van der Waals surface area contributed by atoms with Crippen molar-refractivity contribution in [3.63, 3.8) is 0 Å². The molecular formula is C10H10N4. The minimum Gasteiger partial charge on any atom is -0.345 e. The molecule has 0 fully saturated rings. The van der Waals surface area contributed by atoms with Crippen LogP contribution in [0.1, 0.15) is 6.42 Å². The molecule has 2 heterocycles. The van der Waals surface area contributed by atoms with Crippen LogP contribution in [0.5, 0.6) is 0 Å². The van der Waals surface area contributed by atoms with Gasteiger partial charge >= 0.3 is 0 Å². The van der Waals surface area contributed by atoms with Crippen molar-refractivity contribution in [2.45, 2.75) is 6.42 Å². The lowest BCUT2D eigenvalue weighted by Gasteiger charge is -1.91. The third-order valence-corrected chi connectivity index (χ3v) is 2.41. The molecule has 3 rings (SSSR count). The van der Waals surface area contributed by atoms with Gasteiger partial charge in [0.25, 0.3) is 0 Å². The van der Waals surface area contributed by atoms with Crippen molar-refractivity contribution in [3.8, 4) is 0 Å². The van der Waals surface area contributed by atoms with E-state index in [1.807, 2.05) is 6.07 Å². The summed E-state index contributed by atoms with van der Waals surface area (Å²) < 4.78 is 0. The maximum atomic E-state index is 4.32. The molecule has 0 saturated carbocycles. The van der Waals surface area contributed by atoms with Crippen molar-refractivity contribution in [2.75, 3.05) is 6.54 Å². The molecule has 1 aliphatic rings. The molecule has 0 atom stereocenters. The minimum atomic E-state index is 0.889. The molecule has 0 spiro atoms. The summed E-state index contributed by atoms with van der Waals surface area (Å²) in [5, 5.41) is 6.43. The van der Waals surface area contributed by atoms with Gasteiger partial charge in [0.1, 0.15) is 10.9 Å². The minimum absolute atomic E-state index is 0.889. The fourth-order valence-electron chi connectivity index (χ4n) is 1.72. The summed E-state index contributed by atoms with van der Waals surface area (Å²) in [6.07, 6.45) is 4.89. The van der Waals surface area contributed by atoms with Crippen LogP contribution in [0.15, 0.2) is 23.6 Å². The molecule has 70 valence electrons. The number of rotatable bonds is 0. The topological polar surface area (TPSA) is 53.1 Å². The number of nitrogens with one attached hydrogen (secondary N) is 2. The zero-order valence-electron chi connectivity index (χ0n) is 7.62. The first kappa shape index (κ1) is 7.55. The zero-order valence-corrected chi connectivity index (χ0v) is 7.62. The summed E-state index contributed by atoms with van der Waals surface area (Å²) in [7, 11) is 0. The molecule has 0 radical (unpaired) electrons. The molecule has 1 aliphatic heterocycles. The molecular weight excluding hydrogens is 176 g/mol. The van der Waals surface area contributed by atoms with E-state index < -0.39 is 0 Å². The molecule has 0 unspecified atom stereocenters. The van der Waals surface area contributed by atoms with Gasteiger partial charge in [-0.15, -0.1) is 0 Å². The van der Waals surface area contributed by atoms with Crippen LogP contribution in [0.4, 0.5) is 0 Å². The van der Waals surface area contributed by atoms with Gasteiger partial charge in [-0.3, -0.25) is 0 Å². The highest BCUT2D eigenvalue weighted by Gasteiger charge is 2.01. The predicted molar refractivity (Wildman–Crippen MR) is 54.0 cm³/mol. The monoisotopic (exact) mass is 186 g/mol. The Morgan fingerprint density at radius 1 is 1.29 bits per heavy atom. The molecule has 4 nitrogen and oxygen atoms in total. The number of imidazole rings is 1. The number of aromatic nitrogens is 2. The maximum absolute atomic E-state index is 4.32. The van der Waals surface area contributed by atoms with E-state index in [1.165, 1.54) is 0 Å². The number of hydrogen-bond acceptors (Lipinski definition) is 3. The van der Waals surface area contributed by atoms with Gasteiger partial charge in [-0.05, 0) is 12.5 Å². The molecule has 0 aliphatic carbocycles. The van der Waals surface area contributed by atoms with E-state index in [0.717, 1.165) is 34.6 Å². The summed E-state index contributed by atoms with van der Waals surface area (Å²) in [4.78, 5) is 7.34. The van der Waals surface area contributed by atoms with Gasteiger partial charge in [0, 0.05) is 11.8 Å². The van der Waals surface area contributed by atoms with E-state index in [2.05, 4.69) is 32.6 Å². The molecule has 0 bridgehead atoms. The van der Waals surface area contributed by atoms with Crippen molar-refractivity contribution in [1.82, 2.24) is 15.4 Å². The Bertz CT molecular complexity index is 582. The second kappa shape index (κ2) is 2.83. The van der Waals surface area contributed by atoms with Crippen LogP contribution < -0.4 is 16.0 Å². The zero-order chi connectivity index (χ0) is 9.38. The van der Waals surface area contributed by atoms with E-state index in [4.69, 9.17) is 0 Å². The Hall–Kier alpha value is -1.84. The number of aromatic amines is 1. The summed E-state index contributed by atoms with van der Waals surface area (Å²) >= 11 is 0. The molecule has 0 amide bonds. The molecule has 2 aromatic rings. The lowest BCUT2D eigenvalue weighted by atomic mass is 10.2. The fraction of sp³-hybridized carbons (Fsp3) is 0.200. The van der Waals surface area contributed by atoms with Gasteiger partial charge in [0.15, 0.2) is 0 Å². The SMILES string of the molecule is C1=c2ccc3[nH]cnc3c2=NNCC1. The molecule has 2 N–H and O–H groups in total. The number of hydrogen-bond donors (Lipinski definition) is 2. The molecule has 1 aromatic carbocycles. The van der Waals surface area contributed by atoms with Crippen molar-refractivity contribution in [2.24, 2.45) is 5.10 Å². The van der Waals surface area contributed by atoms with E-state index in [1.54, 1.807) is 6.33 Å². The smallest absolute Gasteiger partial charge is 0.118 e. The Balaban J connectivity index is 2.55. The molecule has 1 aromatic heterocycles. The Kier molecular flexibility index (Phi) is 1.53. The van der Waals surface area contributed by atoms with Gasteiger partial charge in [0.2, 0.25) is 0 Å². The number of nitrogens with zero attached hydrogens (tertiary/aromatic N) is 2. The van der Waals surface area contributed by atoms with E-state index in [-0.39, 0.29) is 0 Å². The number of fused-ring (bicyclic) bond motifs is 3. The van der Waals surface area contributed by atoms with Crippen LogP contribution in [0.3, 0.4) is 0 Å². The Morgan fingerprint density at radius 2 is 2.29 bits per heavy atom. The second-order valence-corrected chi connectivity index (χ2v) is 3.31. The Morgan fingerprint density at radius 3 is 3.29 bits per heavy atom. The van der Waals surface area contributed by atoms with Crippen molar-refractivity contribution >= 4 is 17.1 Å². The molecule has 14 heavy (non-hydrogen) atoms. The highest BCUT2D eigenvalue weighted by Crippen LogP contribution is 1.99. The second-order valence-electron chi connectivity index (χ2n) is 3.31. The largest absolute Gasteiger partial charge is 0.345 e. The maximum Gasteiger partial charge on any atom is 0.118 e. The Labute approximate surface area is 80.4 Å². The van der Waals surface area contributed by atoms with Crippen LogP contribution in [-0.2, 0) is 0 Å². The first-order valence-corrected chi connectivity index (χ1v) is 4.68. The quantitative estimate of drug-likeness (QED) is 0.602. The van der Waals surface area contributed by atoms with E-state index >= 15 is 0 Å². The average Bonchev–Trinajstić information content (AvgIpc) is 2.55. The van der Waals surface area contributed by atoms with Crippen LogP contribution in [0.25, 0.3) is 17.1 Å². The van der Waals surface area contributed by atoms with Crippen LogP contribution in [0, 0.1) is 0 Å². The fourth-order valence-corrected chi connectivity index (χ4v) is 1.72. The third-order valence-electron chi connectivity index (χ3n) is 2.41. The average molecular weight is 186 g/mol. The van der Waals surface area contributed by atoms with E-state index in [0.29, 0.717) is 0 Å². The van der Waals surface area contributed by atoms with Gasteiger partial charge in [0.05, 0.1) is 11.8 Å². The van der Waals surface area contributed by atoms with Crippen molar-refractivity contribution < 1.29 is 0 Å². The van der Waals surface area contributed by atoms with E-state index in [9.17, 15) is 0 Å². The predicted octanol–water partition coefficient (Wildman–Crippen LogP) is -0.129. The molecule has 0 saturated heterocycles. The van der Waals surface area contributed by atoms with Crippen molar-refractivity contribution in [1.29, 1.82) is 0 Å². The third kappa shape index (κ3) is 1.00. The summed E-state index contributed by atoms with van der Waals surface area (Å²) in [6, 6.07) is 4.12. The van der Waals surface area contributed by atoms with Gasteiger partial charge in [-0.25, -0.2) is 4.98 Å². The first-order valence-electron chi connectivity index (χ1n) is 4.68. The number of H-pyrrole nitrogens is 1. The standard InChI is InChI=1S/C10H10N4/c1-2-7-3-4-8-10(12-6-11-8)9(7)14-13-5-1/h2-4,6,13H,1,5H2,(H,11,12).